The Morgan fingerprint density at radius 3 is 2.59 bits per heavy atom. The third-order valence-electron chi connectivity index (χ3n) is 2.79. The van der Waals surface area contributed by atoms with Crippen molar-refractivity contribution in [2.75, 3.05) is 0 Å². The highest BCUT2D eigenvalue weighted by atomic mass is 16.5. The topological polar surface area (TPSA) is 55.4 Å². The molecular formula is C13H15NO3. The minimum absolute atomic E-state index is 0.177. The van der Waals surface area contributed by atoms with Crippen molar-refractivity contribution in [1.82, 2.24) is 5.32 Å². The number of carbonyl (C=O) groups excluding carboxylic acids is 2. The molecule has 4 heteroatoms. The molecule has 0 aromatic heterocycles. The largest absolute Gasteiger partial charge is 0.445 e. The van der Waals surface area contributed by atoms with Gasteiger partial charge in [-0.05, 0) is 12.5 Å². The minimum Gasteiger partial charge on any atom is -0.445 e. The second-order valence-electron chi connectivity index (χ2n) is 4.64. The predicted molar refractivity (Wildman–Crippen MR) is 62.4 cm³/mol. The zero-order valence-electron chi connectivity index (χ0n) is 9.73. The van der Waals surface area contributed by atoms with Crippen molar-refractivity contribution in [2.24, 2.45) is 0 Å². The van der Waals surface area contributed by atoms with Gasteiger partial charge in [-0.25, -0.2) is 4.79 Å². The highest BCUT2D eigenvalue weighted by molar-refractivity contribution is 5.89. The van der Waals surface area contributed by atoms with Gasteiger partial charge in [-0.2, -0.15) is 0 Å². The van der Waals surface area contributed by atoms with Crippen LogP contribution in [0.15, 0.2) is 30.3 Å². The SMILES string of the molecule is CC1(NC(=O)OCc2ccccc2)CC(=O)C1. The van der Waals surface area contributed by atoms with E-state index in [9.17, 15) is 9.59 Å². The van der Waals surface area contributed by atoms with Gasteiger partial charge >= 0.3 is 6.09 Å². The number of amides is 1. The zero-order valence-corrected chi connectivity index (χ0v) is 9.73. The Morgan fingerprint density at radius 1 is 1.35 bits per heavy atom. The Hall–Kier alpha value is -1.84. The summed E-state index contributed by atoms with van der Waals surface area (Å²) in [7, 11) is 0. The third-order valence-corrected chi connectivity index (χ3v) is 2.79. The van der Waals surface area contributed by atoms with Crippen LogP contribution in [0.25, 0.3) is 0 Å². The van der Waals surface area contributed by atoms with E-state index in [2.05, 4.69) is 5.32 Å². The van der Waals surface area contributed by atoms with E-state index in [4.69, 9.17) is 4.74 Å². The van der Waals surface area contributed by atoms with Gasteiger partial charge in [0.25, 0.3) is 0 Å². The molecule has 1 fully saturated rings. The Balaban J connectivity index is 1.77. The van der Waals surface area contributed by atoms with Crippen molar-refractivity contribution in [3.63, 3.8) is 0 Å². The molecule has 0 aliphatic heterocycles. The maximum absolute atomic E-state index is 11.5. The standard InChI is InChI=1S/C13H15NO3/c1-13(7-11(15)8-13)14-12(16)17-9-10-5-3-2-4-6-10/h2-6H,7-9H2,1H3,(H,14,16). The van der Waals surface area contributed by atoms with E-state index in [1.165, 1.54) is 0 Å². The van der Waals surface area contributed by atoms with Crippen LogP contribution in [-0.2, 0) is 16.1 Å². The Labute approximate surface area is 100.0 Å². The highest BCUT2D eigenvalue weighted by Gasteiger charge is 2.40. The van der Waals surface area contributed by atoms with Gasteiger partial charge < -0.3 is 10.1 Å². The fourth-order valence-corrected chi connectivity index (χ4v) is 1.91. The van der Waals surface area contributed by atoms with Crippen LogP contribution in [0.4, 0.5) is 4.79 Å². The monoisotopic (exact) mass is 233 g/mol. The quantitative estimate of drug-likeness (QED) is 0.869. The van der Waals surface area contributed by atoms with Gasteiger partial charge in [-0.3, -0.25) is 4.79 Å². The van der Waals surface area contributed by atoms with Crippen LogP contribution in [0, 0.1) is 0 Å². The summed E-state index contributed by atoms with van der Waals surface area (Å²) in [5.74, 6) is 0.177. The van der Waals surface area contributed by atoms with Crippen molar-refractivity contribution < 1.29 is 14.3 Å². The van der Waals surface area contributed by atoms with Gasteiger partial charge in [0.1, 0.15) is 12.4 Å². The number of benzene rings is 1. The van der Waals surface area contributed by atoms with Crippen molar-refractivity contribution in [3.05, 3.63) is 35.9 Å². The van der Waals surface area contributed by atoms with Crippen LogP contribution in [0.3, 0.4) is 0 Å². The Kier molecular flexibility index (Phi) is 3.13. The van der Waals surface area contributed by atoms with Crippen LogP contribution in [0.2, 0.25) is 0 Å². The molecule has 0 unspecified atom stereocenters. The summed E-state index contributed by atoms with van der Waals surface area (Å²) in [5.41, 5.74) is 0.530. The van der Waals surface area contributed by atoms with Crippen LogP contribution < -0.4 is 5.32 Å². The number of rotatable bonds is 3. The normalized spacial score (nSPS) is 17.1. The number of Topliss-reactive ketones (excluding diaryl/α,β-unsaturated/α-hetero) is 1. The molecule has 0 spiro atoms. The molecule has 1 aromatic rings. The molecule has 4 nitrogen and oxygen atoms in total. The maximum Gasteiger partial charge on any atom is 0.407 e. The first-order chi connectivity index (χ1) is 8.07. The Bertz CT molecular complexity index is 420. The number of hydrogen-bond acceptors (Lipinski definition) is 3. The summed E-state index contributed by atoms with van der Waals surface area (Å²) in [6.45, 7) is 2.09. The molecule has 1 aliphatic rings. The second kappa shape index (κ2) is 4.57. The number of nitrogens with one attached hydrogen (secondary N) is 1. The molecule has 0 heterocycles. The number of carbonyl (C=O) groups is 2. The van der Waals surface area contributed by atoms with Crippen molar-refractivity contribution in [1.29, 1.82) is 0 Å². The molecule has 90 valence electrons. The smallest absolute Gasteiger partial charge is 0.407 e. The molecule has 0 bridgehead atoms. The summed E-state index contributed by atoms with van der Waals surface area (Å²) >= 11 is 0. The van der Waals surface area contributed by atoms with Gasteiger partial charge in [-0.1, -0.05) is 30.3 Å². The molecule has 0 radical (unpaired) electrons. The van der Waals surface area contributed by atoms with E-state index >= 15 is 0 Å². The lowest BCUT2D eigenvalue weighted by atomic mass is 9.77. The summed E-state index contributed by atoms with van der Waals surface area (Å²) < 4.78 is 5.07. The first-order valence-corrected chi connectivity index (χ1v) is 5.58. The molecule has 17 heavy (non-hydrogen) atoms. The van der Waals surface area contributed by atoms with E-state index in [1.54, 1.807) is 0 Å². The fourth-order valence-electron chi connectivity index (χ4n) is 1.91. The van der Waals surface area contributed by atoms with Crippen molar-refractivity contribution in [2.45, 2.75) is 31.9 Å². The number of ketones is 1. The van der Waals surface area contributed by atoms with E-state index in [1.807, 2.05) is 37.3 Å². The molecule has 1 amide bonds. The molecular weight excluding hydrogens is 218 g/mol. The third kappa shape index (κ3) is 3.06. The average Bonchev–Trinajstić information content (AvgIpc) is 2.26. The predicted octanol–water partition coefficient (Wildman–Crippen LogP) is 2.03. The summed E-state index contributed by atoms with van der Waals surface area (Å²) in [6.07, 6.45) is 0.324. The second-order valence-corrected chi connectivity index (χ2v) is 4.64. The van der Waals surface area contributed by atoms with Crippen molar-refractivity contribution in [3.8, 4) is 0 Å². The Morgan fingerprint density at radius 2 is 2.00 bits per heavy atom. The molecule has 1 saturated carbocycles. The zero-order chi connectivity index (χ0) is 12.3. The average molecular weight is 233 g/mol. The lowest BCUT2D eigenvalue weighted by Gasteiger charge is -2.36. The van der Waals surface area contributed by atoms with Gasteiger partial charge in [0.15, 0.2) is 0 Å². The summed E-state index contributed by atoms with van der Waals surface area (Å²) in [4.78, 5) is 22.4. The molecule has 0 saturated heterocycles. The lowest BCUT2D eigenvalue weighted by Crippen LogP contribution is -2.55. The summed E-state index contributed by atoms with van der Waals surface area (Å²) in [5, 5.41) is 2.71. The minimum atomic E-state index is -0.469. The van der Waals surface area contributed by atoms with Crippen LogP contribution in [0.1, 0.15) is 25.3 Å². The summed E-state index contributed by atoms with van der Waals surface area (Å²) in [6, 6.07) is 9.47. The van der Waals surface area contributed by atoms with E-state index in [-0.39, 0.29) is 12.4 Å². The van der Waals surface area contributed by atoms with Crippen LogP contribution in [0.5, 0.6) is 0 Å². The van der Waals surface area contributed by atoms with Gasteiger partial charge in [0, 0.05) is 12.8 Å². The fraction of sp³-hybridized carbons (Fsp3) is 0.385. The van der Waals surface area contributed by atoms with Gasteiger partial charge in [0.05, 0.1) is 5.54 Å². The van der Waals surface area contributed by atoms with Crippen molar-refractivity contribution >= 4 is 11.9 Å². The lowest BCUT2D eigenvalue weighted by molar-refractivity contribution is -0.128. The maximum atomic E-state index is 11.5. The molecule has 1 N–H and O–H groups in total. The van der Waals surface area contributed by atoms with Gasteiger partial charge in [0.2, 0.25) is 0 Å². The highest BCUT2D eigenvalue weighted by Crippen LogP contribution is 2.27. The molecule has 0 atom stereocenters. The molecule has 1 aliphatic carbocycles. The molecule has 1 aromatic carbocycles. The van der Waals surface area contributed by atoms with E-state index in [0.717, 1.165) is 5.56 Å². The number of hydrogen-bond donors (Lipinski definition) is 1. The number of ether oxygens (including phenoxy) is 1. The van der Waals surface area contributed by atoms with Gasteiger partial charge in [-0.15, -0.1) is 0 Å². The van der Waals surface area contributed by atoms with Crippen LogP contribution >= 0.6 is 0 Å². The van der Waals surface area contributed by atoms with Crippen LogP contribution in [-0.4, -0.2) is 17.4 Å². The first kappa shape index (κ1) is 11.6. The molecule has 2 rings (SSSR count). The number of alkyl carbamates (subject to hydrolysis) is 1. The van der Waals surface area contributed by atoms with E-state index < -0.39 is 11.6 Å². The van der Waals surface area contributed by atoms with E-state index in [0.29, 0.717) is 12.8 Å². The first-order valence-electron chi connectivity index (χ1n) is 5.58.